The van der Waals surface area contributed by atoms with Gasteiger partial charge in [0.15, 0.2) is 0 Å². The van der Waals surface area contributed by atoms with Crippen molar-refractivity contribution in [1.29, 1.82) is 0 Å². The van der Waals surface area contributed by atoms with E-state index in [-0.39, 0.29) is 5.70 Å². The van der Waals surface area contributed by atoms with Crippen molar-refractivity contribution in [3.8, 4) is 0 Å². The highest BCUT2D eigenvalue weighted by Crippen LogP contribution is 2.13. The number of hydrogen-bond acceptors (Lipinski definition) is 2. The van der Waals surface area contributed by atoms with Crippen LogP contribution in [0.3, 0.4) is 0 Å². The van der Waals surface area contributed by atoms with Gasteiger partial charge in [-0.25, -0.2) is 0 Å². The lowest BCUT2D eigenvalue weighted by Crippen LogP contribution is -1.95. The summed E-state index contributed by atoms with van der Waals surface area (Å²) in [5.41, 5.74) is 0.846. The number of nitrogens with zero attached hydrogens (tertiary/aromatic N) is 1. The van der Waals surface area contributed by atoms with Crippen LogP contribution in [0.4, 0.5) is 0 Å². The molecule has 0 aromatic rings. The summed E-state index contributed by atoms with van der Waals surface area (Å²) in [4.78, 5) is 9.99. The van der Waals surface area contributed by atoms with E-state index in [9.17, 15) is 10.1 Å². The van der Waals surface area contributed by atoms with Gasteiger partial charge in [0.05, 0.1) is 4.92 Å². The first-order valence-electron chi connectivity index (χ1n) is 3.80. The molecule has 0 aromatic carbocycles. The fraction of sp³-hybridized carbons (Fsp3) is 0.333. The molecule has 0 aliphatic heterocycles. The first-order valence-corrected chi connectivity index (χ1v) is 4.18. The summed E-state index contributed by atoms with van der Waals surface area (Å²) in [7, 11) is 0. The van der Waals surface area contributed by atoms with Gasteiger partial charge in [-0.3, -0.25) is 10.1 Å². The van der Waals surface area contributed by atoms with E-state index in [1.807, 2.05) is 0 Å². The van der Waals surface area contributed by atoms with Gasteiger partial charge >= 0.3 is 0 Å². The fourth-order valence-electron chi connectivity index (χ4n) is 0.607. The van der Waals surface area contributed by atoms with Crippen molar-refractivity contribution in [3.63, 3.8) is 0 Å². The highest BCUT2D eigenvalue weighted by atomic mass is 35.5. The van der Waals surface area contributed by atoms with Crippen LogP contribution in [-0.2, 0) is 0 Å². The highest BCUT2D eigenvalue weighted by Gasteiger charge is 2.05. The molecule has 0 saturated carbocycles. The Labute approximate surface area is 82.5 Å². The maximum absolute atomic E-state index is 10.5. The Balaban J connectivity index is 4.96. The Morgan fingerprint density at radius 3 is 2.31 bits per heavy atom. The van der Waals surface area contributed by atoms with Crippen LogP contribution in [0.15, 0.2) is 34.5 Å². The molecule has 0 spiro atoms. The molecule has 72 valence electrons. The predicted molar refractivity (Wildman–Crippen MR) is 54.1 cm³/mol. The van der Waals surface area contributed by atoms with Crippen molar-refractivity contribution in [2.45, 2.75) is 20.8 Å². The van der Waals surface area contributed by atoms with Crippen LogP contribution in [0.5, 0.6) is 0 Å². The van der Waals surface area contributed by atoms with Crippen molar-refractivity contribution >= 4 is 11.6 Å². The third kappa shape index (κ3) is 4.48. The molecule has 0 rings (SSSR count). The van der Waals surface area contributed by atoms with Crippen molar-refractivity contribution < 1.29 is 4.92 Å². The molecular weight excluding hydrogens is 190 g/mol. The summed E-state index contributed by atoms with van der Waals surface area (Å²) < 4.78 is 0. The second-order valence-corrected chi connectivity index (χ2v) is 3.08. The van der Waals surface area contributed by atoms with Gasteiger partial charge in [-0.15, -0.1) is 0 Å². The Morgan fingerprint density at radius 1 is 1.46 bits per heavy atom. The first-order chi connectivity index (χ1) is 5.99. The summed E-state index contributed by atoms with van der Waals surface area (Å²) in [6.07, 6.45) is 4.35. The minimum atomic E-state index is -0.467. The van der Waals surface area contributed by atoms with Gasteiger partial charge < -0.3 is 0 Å². The number of nitro groups is 1. The molecule has 13 heavy (non-hydrogen) atoms. The third-order valence-corrected chi connectivity index (χ3v) is 1.79. The van der Waals surface area contributed by atoms with E-state index in [0.717, 1.165) is 5.57 Å². The largest absolute Gasteiger partial charge is 0.270 e. The van der Waals surface area contributed by atoms with Gasteiger partial charge in [0.2, 0.25) is 0 Å². The van der Waals surface area contributed by atoms with E-state index >= 15 is 0 Å². The average Bonchev–Trinajstić information content (AvgIpc) is 2.03. The second-order valence-electron chi connectivity index (χ2n) is 2.67. The Hall–Kier alpha value is -1.09. The Kier molecular flexibility index (Phi) is 5.07. The lowest BCUT2D eigenvalue weighted by molar-refractivity contribution is -0.419. The summed E-state index contributed by atoms with van der Waals surface area (Å²) in [6.45, 7) is 5.31. The van der Waals surface area contributed by atoms with Crippen molar-refractivity contribution in [1.82, 2.24) is 0 Å². The molecule has 4 heteroatoms. The number of rotatable bonds is 3. The molecule has 0 aliphatic carbocycles. The Morgan fingerprint density at radius 2 is 2.00 bits per heavy atom. The zero-order valence-electron chi connectivity index (χ0n) is 7.87. The first kappa shape index (κ1) is 11.9. The van der Waals surface area contributed by atoms with E-state index in [1.165, 1.54) is 12.2 Å². The molecule has 0 fully saturated rings. The summed E-state index contributed by atoms with van der Waals surface area (Å²) >= 11 is 5.76. The molecule has 0 heterocycles. The maximum atomic E-state index is 10.5. The van der Waals surface area contributed by atoms with Gasteiger partial charge in [0.25, 0.3) is 5.70 Å². The normalized spacial score (nSPS) is 11.8. The van der Waals surface area contributed by atoms with Gasteiger partial charge in [-0.2, -0.15) is 0 Å². The van der Waals surface area contributed by atoms with Crippen LogP contribution in [0.25, 0.3) is 0 Å². The highest BCUT2D eigenvalue weighted by molar-refractivity contribution is 6.31. The van der Waals surface area contributed by atoms with E-state index in [1.54, 1.807) is 26.8 Å². The summed E-state index contributed by atoms with van der Waals surface area (Å²) in [5.74, 6) is 0. The topological polar surface area (TPSA) is 43.1 Å². The van der Waals surface area contributed by atoms with Gasteiger partial charge in [0, 0.05) is 17.2 Å². The van der Waals surface area contributed by atoms with Crippen LogP contribution >= 0.6 is 11.6 Å². The number of allylic oxidation sites excluding steroid dienone is 5. The molecule has 0 unspecified atom stereocenters. The fourth-order valence-corrected chi connectivity index (χ4v) is 0.718. The zero-order valence-corrected chi connectivity index (χ0v) is 8.63. The molecule has 0 N–H and O–H groups in total. The lowest BCUT2D eigenvalue weighted by Gasteiger charge is -1.93. The van der Waals surface area contributed by atoms with E-state index in [0.29, 0.717) is 5.03 Å². The molecule has 0 radical (unpaired) electrons. The van der Waals surface area contributed by atoms with Crippen LogP contribution in [0.1, 0.15) is 20.8 Å². The van der Waals surface area contributed by atoms with Gasteiger partial charge in [-0.05, 0) is 20.8 Å². The van der Waals surface area contributed by atoms with Crippen molar-refractivity contribution in [2.75, 3.05) is 0 Å². The third-order valence-electron chi connectivity index (χ3n) is 1.30. The molecular formula is C9H12ClNO2. The Bertz CT molecular complexity index is 286. The molecule has 0 aromatic heterocycles. The summed E-state index contributed by atoms with van der Waals surface area (Å²) in [5, 5.41) is 10.9. The average molecular weight is 202 g/mol. The minimum Gasteiger partial charge on any atom is -0.258 e. The molecule has 0 atom stereocenters. The quantitative estimate of drug-likeness (QED) is 0.400. The van der Waals surface area contributed by atoms with E-state index in [4.69, 9.17) is 11.6 Å². The molecule has 0 aliphatic rings. The van der Waals surface area contributed by atoms with Gasteiger partial charge in [-0.1, -0.05) is 23.3 Å². The summed E-state index contributed by atoms with van der Waals surface area (Å²) in [6, 6.07) is 0. The van der Waals surface area contributed by atoms with Gasteiger partial charge in [0.1, 0.15) is 0 Å². The zero-order chi connectivity index (χ0) is 10.4. The maximum Gasteiger partial charge on any atom is 0.270 e. The smallest absolute Gasteiger partial charge is 0.258 e. The standard InChI is InChI=1S/C9H12ClNO2/c1-4-5-8(11(12)13)6-9(10)7(2)3/h4-6H,1-3H3/b5-4-,8-6+. The van der Waals surface area contributed by atoms with Crippen LogP contribution in [-0.4, -0.2) is 4.92 Å². The number of hydrogen-bond donors (Lipinski definition) is 0. The SMILES string of the molecule is C/C=C\C(=C/C(Cl)=C(C)C)[N+](=O)[O-]. The van der Waals surface area contributed by atoms with Crippen molar-refractivity contribution in [3.05, 3.63) is 44.6 Å². The van der Waals surface area contributed by atoms with Crippen LogP contribution in [0.2, 0.25) is 0 Å². The minimum absolute atomic E-state index is 0.00583. The predicted octanol–water partition coefficient (Wildman–Crippen LogP) is 3.26. The molecule has 0 bridgehead atoms. The van der Waals surface area contributed by atoms with Crippen LogP contribution < -0.4 is 0 Å². The monoisotopic (exact) mass is 201 g/mol. The van der Waals surface area contributed by atoms with Crippen LogP contribution in [0, 0.1) is 10.1 Å². The molecule has 0 saturated heterocycles. The molecule has 0 amide bonds. The number of halogens is 1. The lowest BCUT2D eigenvalue weighted by atomic mass is 10.2. The van der Waals surface area contributed by atoms with E-state index in [2.05, 4.69) is 0 Å². The molecule has 3 nitrogen and oxygen atoms in total. The van der Waals surface area contributed by atoms with Crippen molar-refractivity contribution in [2.24, 2.45) is 0 Å². The van der Waals surface area contributed by atoms with E-state index < -0.39 is 4.92 Å². The second kappa shape index (κ2) is 5.54.